The summed E-state index contributed by atoms with van der Waals surface area (Å²) >= 11 is 0. The van der Waals surface area contributed by atoms with Crippen LogP contribution >= 0.6 is 0 Å². The summed E-state index contributed by atoms with van der Waals surface area (Å²) in [7, 11) is 0. The molecule has 0 aliphatic carbocycles. The van der Waals surface area contributed by atoms with Crippen LogP contribution < -0.4 is 11.3 Å². The van der Waals surface area contributed by atoms with E-state index in [0.717, 1.165) is 78.0 Å². The first kappa shape index (κ1) is 42.2. The summed E-state index contributed by atoms with van der Waals surface area (Å²) < 4.78 is 11.3. The molecule has 0 fully saturated rings. The second kappa shape index (κ2) is 18.1. The van der Waals surface area contributed by atoms with Crippen molar-refractivity contribution in [2.75, 3.05) is 0 Å². The van der Waals surface area contributed by atoms with E-state index in [1.807, 2.05) is 55.0 Å². The normalized spacial score (nSPS) is 11.5. The van der Waals surface area contributed by atoms with Crippen LogP contribution in [0, 0.1) is 0 Å². The minimum Gasteiger partial charge on any atom is -0.422 e. The van der Waals surface area contributed by atoms with Gasteiger partial charge >= 0.3 is 11.3 Å². The first-order valence-electron chi connectivity index (χ1n) is 23.2. The van der Waals surface area contributed by atoms with E-state index in [-0.39, 0.29) is 0 Å². The van der Waals surface area contributed by atoms with Crippen LogP contribution in [0.25, 0.3) is 99.5 Å². The lowest BCUT2D eigenvalue weighted by Gasteiger charge is -2.18. The standard InChI is InChI=1S/C61H41N5O4/c67-60-50-30-40(33-65-58(50)53-35-62-25-23-56(53)69-60)17-15-38-27-39(16-18-41-31-51-59(66-34-41)54-36-63-26-24-57(54)70-61(51)68)29-46(28-38)47-13-7-8-14-48(47)52-37-64-55(45-11-5-2-6-12-45)32-49(52)44-21-19-43(20-22-44)42-9-3-1-4-10-42/h1-14,19-37H,15-18H2. The lowest BCUT2D eigenvalue weighted by atomic mass is 9.87. The van der Waals surface area contributed by atoms with Crippen molar-refractivity contribution in [2.24, 2.45) is 0 Å². The van der Waals surface area contributed by atoms with Crippen LogP contribution in [-0.4, -0.2) is 24.9 Å². The molecule has 70 heavy (non-hydrogen) atoms. The zero-order valence-corrected chi connectivity index (χ0v) is 37.8. The number of hydrogen-bond acceptors (Lipinski definition) is 9. The highest BCUT2D eigenvalue weighted by Crippen LogP contribution is 2.41. The van der Waals surface area contributed by atoms with E-state index in [2.05, 4.69) is 119 Å². The van der Waals surface area contributed by atoms with Crippen LogP contribution in [0.15, 0.2) is 220 Å². The zero-order chi connectivity index (χ0) is 47.0. The van der Waals surface area contributed by atoms with Gasteiger partial charge in [0.1, 0.15) is 11.2 Å². The number of hydrogen-bond donors (Lipinski definition) is 0. The fourth-order valence-electron chi connectivity index (χ4n) is 9.54. The predicted molar refractivity (Wildman–Crippen MR) is 277 cm³/mol. The van der Waals surface area contributed by atoms with E-state index in [9.17, 15) is 9.59 Å². The minimum atomic E-state index is -0.424. The Kier molecular flexibility index (Phi) is 10.9. The summed E-state index contributed by atoms with van der Waals surface area (Å²) in [6.07, 6.45) is 14.9. The Labute approximate surface area is 401 Å². The summed E-state index contributed by atoms with van der Waals surface area (Å²) in [6, 6.07) is 54.2. The van der Waals surface area contributed by atoms with Crippen LogP contribution in [0.4, 0.5) is 0 Å². The average molecular weight is 908 g/mol. The zero-order valence-electron chi connectivity index (χ0n) is 37.8. The molecule has 9 nitrogen and oxygen atoms in total. The third kappa shape index (κ3) is 8.19. The third-order valence-electron chi connectivity index (χ3n) is 13.1. The molecule has 0 unspecified atom stereocenters. The molecule has 12 aromatic rings. The van der Waals surface area contributed by atoms with Crippen molar-refractivity contribution in [3.8, 4) is 55.8 Å². The summed E-state index contributed by atoms with van der Waals surface area (Å²) in [5, 5.41) is 2.26. The Morgan fingerprint density at radius 2 is 0.843 bits per heavy atom. The highest BCUT2D eigenvalue weighted by molar-refractivity contribution is 6.02. The molecule has 0 saturated carbocycles. The maximum atomic E-state index is 13.2. The molecule has 0 N–H and O–H groups in total. The number of benzene rings is 5. The summed E-state index contributed by atoms with van der Waals surface area (Å²) in [5.74, 6) is 0. The molecule has 12 rings (SSSR count). The lowest BCUT2D eigenvalue weighted by molar-refractivity contribution is 0.568. The van der Waals surface area contributed by atoms with E-state index in [1.165, 1.54) is 0 Å². The molecule has 5 aromatic carbocycles. The molecule has 334 valence electrons. The van der Waals surface area contributed by atoms with Crippen molar-refractivity contribution >= 4 is 43.7 Å². The first-order valence-corrected chi connectivity index (χ1v) is 23.2. The van der Waals surface area contributed by atoms with Gasteiger partial charge in [-0.05, 0) is 117 Å². The monoisotopic (exact) mass is 907 g/mol. The van der Waals surface area contributed by atoms with Gasteiger partial charge in [0.05, 0.1) is 38.3 Å². The maximum Gasteiger partial charge on any atom is 0.345 e. The summed E-state index contributed by atoms with van der Waals surface area (Å²) in [5.41, 5.74) is 15.9. The smallest absolute Gasteiger partial charge is 0.345 e. The average Bonchev–Trinajstić information content (AvgIpc) is 3.42. The van der Waals surface area contributed by atoms with Crippen molar-refractivity contribution in [1.29, 1.82) is 0 Å². The van der Waals surface area contributed by atoms with Crippen LogP contribution in [-0.2, 0) is 25.7 Å². The van der Waals surface area contributed by atoms with Gasteiger partial charge in [-0.15, -0.1) is 0 Å². The number of nitrogens with zero attached hydrogens (tertiary/aromatic N) is 5. The van der Waals surface area contributed by atoms with E-state index >= 15 is 0 Å². The van der Waals surface area contributed by atoms with E-state index in [4.69, 9.17) is 23.8 Å². The van der Waals surface area contributed by atoms with E-state index in [0.29, 0.717) is 69.4 Å². The Balaban J connectivity index is 0.942. The van der Waals surface area contributed by atoms with Crippen molar-refractivity contribution in [3.63, 3.8) is 0 Å². The molecule has 0 amide bonds. The summed E-state index contributed by atoms with van der Waals surface area (Å²) in [6.45, 7) is 0. The minimum absolute atomic E-state index is 0.424. The molecule has 0 spiro atoms. The van der Waals surface area contributed by atoms with Gasteiger partial charge in [-0.2, -0.15) is 0 Å². The number of aryl methyl sites for hydroxylation is 4. The Hall–Kier alpha value is -9.21. The molecular formula is C61H41N5O4. The topological polar surface area (TPSA) is 125 Å². The van der Waals surface area contributed by atoms with Gasteiger partial charge < -0.3 is 8.83 Å². The van der Waals surface area contributed by atoms with Gasteiger partial charge in [0.2, 0.25) is 0 Å². The van der Waals surface area contributed by atoms with Crippen LogP contribution in [0.5, 0.6) is 0 Å². The Bertz CT molecular complexity index is 3900. The number of fused-ring (bicyclic) bond motifs is 6. The molecule has 0 atom stereocenters. The van der Waals surface area contributed by atoms with Gasteiger partial charge in [0, 0.05) is 54.5 Å². The number of pyridine rings is 5. The summed E-state index contributed by atoms with van der Waals surface area (Å²) in [4.78, 5) is 49.4. The maximum absolute atomic E-state index is 13.2. The van der Waals surface area contributed by atoms with Crippen LogP contribution in [0.2, 0.25) is 0 Å². The molecular weight excluding hydrogens is 867 g/mol. The molecule has 9 heteroatoms. The second-order valence-electron chi connectivity index (χ2n) is 17.5. The second-order valence-corrected chi connectivity index (χ2v) is 17.5. The van der Waals surface area contributed by atoms with Crippen molar-refractivity contribution < 1.29 is 8.83 Å². The number of aromatic nitrogens is 5. The Morgan fingerprint density at radius 3 is 1.43 bits per heavy atom. The third-order valence-corrected chi connectivity index (χ3v) is 13.1. The highest BCUT2D eigenvalue weighted by atomic mass is 16.4. The molecule has 0 bridgehead atoms. The quantitative estimate of drug-likeness (QED) is 0.117. The number of rotatable bonds is 11. The van der Waals surface area contributed by atoms with Gasteiger partial charge in [-0.25, -0.2) is 9.59 Å². The van der Waals surface area contributed by atoms with E-state index < -0.39 is 11.3 Å². The van der Waals surface area contributed by atoms with Gasteiger partial charge in [-0.3, -0.25) is 24.9 Å². The van der Waals surface area contributed by atoms with Crippen LogP contribution in [0.1, 0.15) is 22.3 Å². The molecule has 0 aliphatic rings. The molecule has 0 saturated heterocycles. The first-order chi connectivity index (χ1) is 34.5. The largest absolute Gasteiger partial charge is 0.422 e. The molecule has 7 aromatic heterocycles. The van der Waals surface area contributed by atoms with Crippen molar-refractivity contribution in [2.45, 2.75) is 25.7 Å². The van der Waals surface area contributed by atoms with Gasteiger partial charge in [0.15, 0.2) is 0 Å². The lowest BCUT2D eigenvalue weighted by Crippen LogP contribution is -2.04. The van der Waals surface area contributed by atoms with Crippen molar-refractivity contribution in [3.05, 3.63) is 244 Å². The highest BCUT2D eigenvalue weighted by Gasteiger charge is 2.18. The Morgan fingerprint density at radius 1 is 0.343 bits per heavy atom. The molecule has 0 aliphatic heterocycles. The van der Waals surface area contributed by atoms with Gasteiger partial charge in [0.25, 0.3) is 0 Å². The van der Waals surface area contributed by atoms with E-state index in [1.54, 1.807) is 36.9 Å². The van der Waals surface area contributed by atoms with Crippen LogP contribution in [0.3, 0.4) is 0 Å². The SMILES string of the molecule is O=c1oc2ccncc2c2ncc(CCc3cc(CCc4cnc5c(c4)c(=O)oc4ccncc45)cc(-c4ccccc4-c4cnc(-c5ccccc5)cc4-c4ccc(-c5ccccc5)cc4)c3)cc12. The molecule has 7 heterocycles. The fraction of sp³-hybridized carbons (Fsp3) is 0.0656. The van der Waals surface area contributed by atoms with Crippen molar-refractivity contribution in [1.82, 2.24) is 24.9 Å². The molecule has 0 radical (unpaired) electrons. The predicted octanol–water partition coefficient (Wildman–Crippen LogP) is 13.1. The van der Waals surface area contributed by atoms with Gasteiger partial charge in [-0.1, -0.05) is 127 Å². The fourth-order valence-corrected chi connectivity index (χ4v) is 9.54.